The van der Waals surface area contributed by atoms with Gasteiger partial charge >= 0.3 is 0 Å². The maximum absolute atomic E-state index is 12.3. The SMILES string of the molecule is CCCn1nccc1NC(=O)CN1CCN(C[C@@H](C)O)[C@@H](C)C1. The van der Waals surface area contributed by atoms with Crippen LogP contribution in [0.3, 0.4) is 0 Å². The van der Waals surface area contributed by atoms with Gasteiger partial charge in [-0.3, -0.25) is 14.6 Å². The van der Waals surface area contributed by atoms with E-state index in [0.717, 1.165) is 38.4 Å². The average molecular weight is 323 g/mol. The number of nitrogens with zero attached hydrogens (tertiary/aromatic N) is 4. The van der Waals surface area contributed by atoms with Crippen LogP contribution in [0, 0.1) is 0 Å². The average Bonchev–Trinajstić information content (AvgIpc) is 2.89. The number of aryl methyl sites for hydroxylation is 1. The Morgan fingerprint density at radius 2 is 2.30 bits per heavy atom. The second-order valence-corrected chi connectivity index (χ2v) is 6.42. The standard InChI is InChI=1S/C16H29N5O2/c1-4-7-21-15(5-6-17-21)18-16(23)12-19-8-9-20(11-14(3)22)13(2)10-19/h5-6,13-14,22H,4,7-12H2,1-3H3,(H,18,23)/t13-,14+/m0/s1. The molecule has 0 bridgehead atoms. The molecule has 7 nitrogen and oxygen atoms in total. The number of aliphatic hydroxyl groups excluding tert-OH is 1. The molecular weight excluding hydrogens is 294 g/mol. The number of anilines is 1. The van der Waals surface area contributed by atoms with Gasteiger partial charge in [0.25, 0.3) is 0 Å². The van der Waals surface area contributed by atoms with Gasteiger partial charge in [-0.05, 0) is 20.3 Å². The van der Waals surface area contributed by atoms with Gasteiger partial charge in [-0.1, -0.05) is 6.92 Å². The minimum Gasteiger partial charge on any atom is -0.392 e. The number of aliphatic hydroxyl groups is 1. The fraction of sp³-hybridized carbons (Fsp3) is 0.750. The van der Waals surface area contributed by atoms with Gasteiger partial charge in [0, 0.05) is 44.8 Å². The summed E-state index contributed by atoms with van der Waals surface area (Å²) in [7, 11) is 0. The van der Waals surface area contributed by atoms with E-state index in [0.29, 0.717) is 19.1 Å². The number of nitrogens with one attached hydrogen (secondary N) is 1. The van der Waals surface area contributed by atoms with E-state index in [-0.39, 0.29) is 12.0 Å². The van der Waals surface area contributed by atoms with Crippen molar-refractivity contribution >= 4 is 11.7 Å². The molecule has 2 rings (SSSR count). The number of β-amino-alcohol motifs (C(OH)–C–C–N with tert-alkyl or cyclic N) is 1. The molecule has 0 aliphatic carbocycles. The summed E-state index contributed by atoms with van der Waals surface area (Å²) in [6, 6.07) is 2.17. The molecule has 2 heterocycles. The van der Waals surface area contributed by atoms with Gasteiger partial charge in [0.2, 0.25) is 5.91 Å². The summed E-state index contributed by atoms with van der Waals surface area (Å²) in [4.78, 5) is 16.7. The first-order valence-corrected chi connectivity index (χ1v) is 8.45. The molecule has 2 N–H and O–H groups in total. The molecule has 0 unspecified atom stereocenters. The minimum atomic E-state index is -0.314. The number of aromatic nitrogens is 2. The van der Waals surface area contributed by atoms with Gasteiger partial charge in [0.15, 0.2) is 0 Å². The molecule has 0 spiro atoms. The van der Waals surface area contributed by atoms with E-state index in [4.69, 9.17) is 0 Å². The lowest BCUT2D eigenvalue weighted by Crippen LogP contribution is -2.54. The number of hydrogen-bond donors (Lipinski definition) is 2. The molecule has 1 aliphatic rings. The second-order valence-electron chi connectivity index (χ2n) is 6.42. The molecule has 0 radical (unpaired) electrons. The lowest BCUT2D eigenvalue weighted by atomic mass is 10.1. The highest BCUT2D eigenvalue weighted by molar-refractivity contribution is 5.91. The van der Waals surface area contributed by atoms with E-state index in [9.17, 15) is 9.90 Å². The van der Waals surface area contributed by atoms with Gasteiger partial charge in [0.05, 0.1) is 18.8 Å². The molecule has 0 aromatic carbocycles. The Bertz CT molecular complexity index is 502. The maximum Gasteiger partial charge on any atom is 0.239 e. The van der Waals surface area contributed by atoms with Crippen molar-refractivity contribution in [1.82, 2.24) is 19.6 Å². The zero-order chi connectivity index (χ0) is 16.8. The molecule has 130 valence electrons. The summed E-state index contributed by atoms with van der Waals surface area (Å²) in [6.07, 6.45) is 2.38. The highest BCUT2D eigenvalue weighted by Gasteiger charge is 2.25. The Morgan fingerprint density at radius 1 is 1.52 bits per heavy atom. The van der Waals surface area contributed by atoms with Gasteiger partial charge in [-0.15, -0.1) is 0 Å². The van der Waals surface area contributed by atoms with Gasteiger partial charge in [-0.2, -0.15) is 5.10 Å². The Labute approximate surface area is 138 Å². The summed E-state index contributed by atoms with van der Waals surface area (Å²) in [6.45, 7) is 10.5. The van der Waals surface area contributed by atoms with E-state index in [1.807, 2.05) is 17.7 Å². The van der Waals surface area contributed by atoms with E-state index in [1.165, 1.54) is 0 Å². The van der Waals surface area contributed by atoms with Crippen LogP contribution < -0.4 is 5.32 Å². The van der Waals surface area contributed by atoms with Crippen LogP contribution in [-0.4, -0.2) is 75.5 Å². The van der Waals surface area contributed by atoms with Crippen molar-refractivity contribution < 1.29 is 9.90 Å². The van der Waals surface area contributed by atoms with Crippen LogP contribution in [0.1, 0.15) is 27.2 Å². The largest absolute Gasteiger partial charge is 0.392 e. The summed E-state index contributed by atoms with van der Waals surface area (Å²) in [5, 5.41) is 16.7. The fourth-order valence-electron chi connectivity index (χ4n) is 3.04. The maximum atomic E-state index is 12.3. The van der Waals surface area contributed by atoms with Crippen LogP contribution in [0.2, 0.25) is 0 Å². The number of carbonyl (C=O) groups excluding carboxylic acids is 1. The van der Waals surface area contributed by atoms with Crippen molar-refractivity contribution in [3.63, 3.8) is 0 Å². The molecule has 1 saturated heterocycles. The number of rotatable bonds is 7. The van der Waals surface area contributed by atoms with Crippen LogP contribution in [0.25, 0.3) is 0 Å². The molecule has 7 heteroatoms. The predicted molar refractivity (Wildman–Crippen MR) is 90.3 cm³/mol. The first kappa shape index (κ1) is 17.9. The topological polar surface area (TPSA) is 73.6 Å². The Balaban J connectivity index is 1.81. The van der Waals surface area contributed by atoms with Gasteiger partial charge < -0.3 is 10.4 Å². The van der Waals surface area contributed by atoms with Crippen molar-refractivity contribution in [2.75, 3.05) is 38.0 Å². The summed E-state index contributed by atoms with van der Waals surface area (Å²) < 4.78 is 1.82. The number of hydrogen-bond acceptors (Lipinski definition) is 5. The molecule has 2 atom stereocenters. The Hall–Kier alpha value is -1.44. The van der Waals surface area contributed by atoms with Crippen LogP contribution in [0.15, 0.2) is 12.3 Å². The molecule has 1 fully saturated rings. The van der Waals surface area contributed by atoms with Gasteiger partial charge in [0.1, 0.15) is 5.82 Å². The molecule has 1 aliphatic heterocycles. The summed E-state index contributed by atoms with van der Waals surface area (Å²) >= 11 is 0. The lowest BCUT2D eigenvalue weighted by molar-refractivity contribution is -0.118. The Morgan fingerprint density at radius 3 is 2.96 bits per heavy atom. The van der Waals surface area contributed by atoms with Crippen LogP contribution in [0.5, 0.6) is 0 Å². The first-order chi connectivity index (χ1) is 11.0. The minimum absolute atomic E-state index is 0.000899. The van der Waals surface area contributed by atoms with Crippen molar-refractivity contribution in [3.05, 3.63) is 12.3 Å². The summed E-state index contributed by atoms with van der Waals surface area (Å²) in [5.41, 5.74) is 0. The fourth-order valence-corrected chi connectivity index (χ4v) is 3.04. The predicted octanol–water partition coefficient (Wildman–Crippen LogP) is 0.619. The second kappa shape index (κ2) is 8.42. The molecule has 0 saturated carbocycles. The van der Waals surface area contributed by atoms with Crippen molar-refractivity contribution in [2.24, 2.45) is 0 Å². The van der Waals surface area contributed by atoms with Crippen molar-refractivity contribution in [1.29, 1.82) is 0 Å². The third kappa shape index (κ3) is 5.30. The number of piperazine rings is 1. The van der Waals surface area contributed by atoms with Crippen molar-refractivity contribution in [3.8, 4) is 0 Å². The summed E-state index contributed by atoms with van der Waals surface area (Å²) in [5.74, 6) is 0.761. The number of carbonyl (C=O) groups is 1. The van der Waals surface area contributed by atoms with Crippen LogP contribution in [0.4, 0.5) is 5.82 Å². The van der Waals surface area contributed by atoms with E-state index >= 15 is 0 Å². The van der Waals surface area contributed by atoms with E-state index < -0.39 is 0 Å². The highest BCUT2D eigenvalue weighted by Crippen LogP contribution is 2.11. The molecule has 1 aromatic rings. The highest BCUT2D eigenvalue weighted by atomic mass is 16.3. The van der Waals surface area contributed by atoms with Crippen LogP contribution >= 0.6 is 0 Å². The number of amides is 1. The zero-order valence-corrected chi connectivity index (χ0v) is 14.4. The smallest absolute Gasteiger partial charge is 0.239 e. The lowest BCUT2D eigenvalue weighted by Gasteiger charge is -2.40. The first-order valence-electron chi connectivity index (χ1n) is 8.45. The Kier molecular flexibility index (Phi) is 6.56. The third-order valence-electron chi connectivity index (χ3n) is 4.13. The van der Waals surface area contributed by atoms with E-state index in [2.05, 4.69) is 34.1 Å². The van der Waals surface area contributed by atoms with Crippen molar-refractivity contribution in [2.45, 2.75) is 45.9 Å². The molecule has 1 aromatic heterocycles. The molecular formula is C16H29N5O2. The molecule has 1 amide bonds. The monoisotopic (exact) mass is 323 g/mol. The quantitative estimate of drug-likeness (QED) is 0.769. The normalized spacial score (nSPS) is 21.3. The zero-order valence-electron chi connectivity index (χ0n) is 14.4. The third-order valence-corrected chi connectivity index (χ3v) is 4.13. The van der Waals surface area contributed by atoms with Crippen LogP contribution in [-0.2, 0) is 11.3 Å². The molecule has 23 heavy (non-hydrogen) atoms. The van der Waals surface area contributed by atoms with Gasteiger partial charge in [-0.25, -0.2) is 4.68 Å². The van der Waals surface area contributed by atoms with E-state index in [1.54, 1.807) is 6.20 Å².